The van der Waals surface area contributed by atoms with Gasteiger partial charge in [-0.15, -0.1) is 0 Å². The number of rotatable bonds is 4. The summed E-state index contributed by atoms with van der Waals surface area (Å²) in [4.78, 5) is 0.356. The van der Waals surface area contributed by atoms with Crippen LogP contribution in [0.1, 0.15) is 31.7 Å². The Balaban J connectivity index is 1.88. The lowest BCUT2D eigenvalue weighted by atomic mass is 9.90. The number of aliphatic hydroxyl groups excluding tert-OH is 1. The first-order chi connectivity index (χ1) is 11.0. The van der Waals surface area contributed by atoms with Crippen molar-refractivity contribution in [2.45, 2.75) is 49.6 Å². The van der Waals surface area contributed by atoms with E-state index in [-0.39, 0.29) is 12.0 Å². The molecule has 0 amide bonds. The van der Waals surface area contributed by atoms with Crippen LogP contribution >= 0.6 is 0 Å². The Bertz CT molecular complexity index is 646. The van der Waals surface area contributed by atoms with Crippen molar-refractivity contribution in [3.05, 3.63) is 29.8 Å². The summed E-state index contributed by atoms with van der Waals surface area (Å²) < 4.78 is 33.2. The van der Waals surface area contributed by atoms with Crippen molar-refractivity contribution in [3.8, 4) is 0 Å². The zero-order chi connectivity index (χ0) is 16.4. The van der Waals surface area contributed by atoms with Gasteiger partial charge in [-0.2, -0.15) is 4.31 Å². The van der Waals surface area contributed by atoms with Gasteiger partial charge in [0.15, 0.2) is 0 Å². The van der Waals surface area contributed by atoms with E-state index in [9.17, 15) is 13.5 Å². The first-order valence-corrected chi connectivity index (χ1v) is 9.84. The predicted octanol–water partition coefficient (Wildman–Crippen LogP) is 1.80. The second-order valence-corrected chi connectivity index (χ2v) is 8.31. The van der Waals surface area contributed by atoms with Crippen molar-refractivity contribution in [1.29, 1.82) is 0 Å². The van der Waals surface area contributed by atoms with Crippen LogP contribution in [-0.4, -0.2) is 49.7 Å². The van der Waals surface area contributed by atoms with E-state index in [1.165, 1.54) is 0 Å². The van der Waals surface area contributed by atoms with E-state index in [1.807, 2.05) is 13.0 Å². The molecule has 0 aliphatic carbocycles. The van der Waals surface area contributed by atoms with E-state index >= 15 is 0 Å². The molecule has 2 aliphatic rings. The molecule has 1 aromatic carbocycles. The Morgan fingerprint density at radius 1 is 1.35 bits per heavy atom. The van der Waals surface area contributed by atoms with Gasteiger partial charge >= 0.3 is 0 Å². The molecule has 3 rings (SSSR count). The van der Waals surface area contributed by atoms with E-state index in [0.29, 0.717) is 31.1 Å². The average Bonchev–Trinajstić information content (AvgIpc) is 3.05. The van der Waals surface area contributed by atoms with Crippen LogP contribution in [0.25, 0.3) is 0 Å². The van der Waals surface area contributed by atoms with Crippen LogP contribution in [0.3, 0.4) is 0 Å². The van der Waals surface area contributed by atoms with Crippen LogP contribution in [-0.2, 0) is 21.2 Å². The molecule has 23 heavy (non-hydrogen) atoms. The molecule has 2 aliphatic heterocycles. The highest BCUT2D eigenvalue weighted by molar-refractivity contribution is 7.89. The highest BCUT2D eigenvalue weighted by Crippen LogP contribution is 2.34. The van der Waals surface area contributed by atoms with Crippen molar-refractivity contribution in [1.82, 2.24) is 4.31 Å². The minimum Gasteiger partial charge on any atom is -0.393 e. The first kappa shape index (κ1) is 16.9. The molecule has 0 aromatic heterocycles. The zero-order valence-corrected chi connectivity index (χ0v) is 14.3. The Kier molecular flexibility index (Phi) is 5.06. The number of sulfonamides is 1. The summed E-state index contributed by atoms with van der Waals surface area (Å²) in [5.74, 6) is -0.129. The molecule has 6 heteroatoms. The number of nitrogens with zero attached hydrogens (tertiary/aromatic N) is 1. The number of hydrogen-bond donors (Lipinski definition) is 1. The standard InChI is InChI=1S/C17H25NO4S/c1-2-13-5-3-6-14(11-13)23(20,21)18-9-4-7-16(18)15-12-22-10-8-17(15)19/h3,5-6,11,15-17,19H,2,4,7-10,12H2,1H3/t15-,16-,17-/m1/s1. The molecule has 0 unspecified atom stereocenters. The number of hydrogen-bond acceptors (Lipinski definition) is 4. The molecular weight excluding hydrogens is 314 g/mol. The van der Waals surface area contributed by atoms with E-state index in [2.05, 4.69) is 0 Å². The molecule has 0 bridgehead atoms. The van der Waals surface area contributed by atoms with Gasteiger partial charge in [0.05, 0.1) is 17.6 Å². The van der Waals surface area contributed by atoms with Crippen molar-refractivity contribution in [2.24, 2.45) is 5.92 Å². The molecule has 3 atom stereocenters. The number of aliphatic hydroxyl groups is 1. The van der Waals surface area contributed by atoms with Crippen molar-refractivity contribution >= 4 is 10.0 Å². The molecule has 0 radical (unpaired) electrons. The highest BCUT2D eigenvalue weighted by atomic mass is 32.2. The smallest absolute Gasteiger partial charge is 0.243 e. The minimum atomic E-state index is -3.53. The summed E-state index contributed by atoms with van der Waals surface area (Å²) in [5.41, 5.74) is 1.02. The summed E-state index contributed by atoms with van der Waals surface area (Å²) in [7, 11) is -3.53. The van der Waals surface area contributed by atoms with Crippen LogP contribution in [0.15, 0.2) is 29.2 Å². The van der Waals surface area contributed by atoms with Crippen molar-refractivity contribution in [2.75, 3.05) is 19.8 Å². The summed E-state index contributed by atoms with van der Waals surface area (Å²) in [6.07, 6.45) is 2.53. The van der Waals surface area contributed by atoms with Crippen LogP contribution < -0.4 is 0 Å². The fourth-order valence-corrected chi connectivity index (χ4v) is 5.48. The maximum absolute atomic E-state index is 13.1. The third-order valence-electron chi connectivity index (χ3n) is 5.02. The van der Waals surface area contributed by atoms with Gasteiger partial charge in [0.25, 0.3) is 0 Å². The molecule has 1 aromatic rings. The van der Waals surface area contributed by atoms with E-state index in [4.69, 9.17) is 4.74 Å². The Labute approximate surface area is 138 Å². The van der Waals surface area contributed by atoms with Crippen LogP contribution in [0.2, 0.25) is 0 Å². The average molecular weight is 339 g/mol. The van der Waals surface area contributed by atoms with Crippen molar-refractivity contribution < 1.29 is 18.3 Å². The van der Waals surface area contributed by atoms with Crippen molar-refractivity contribution in [3.63, 3.8) is 0 Å². The van der Waals surface area contributed by atoms with Gasteiger partial charge in [0.2, 0.25) is 10.0 Å². The van der Waals surface area contributed by atoms with E-state index in [0.717, 1.165) is 24.8 Å². The van der Waals surface area contributed by atoms with E-state index < -0.39 is 16.1 Å². The lowest BCUT2D eigenvalue weighted by Gasteiger charge is -2.36. The summed E-state index contributed by atoms with van der Waals surface area (Å²) >= 11 is 0. The maximum atomic E-state index is 13.1. The molecule has 1 N–H and O–H groups in total. The van der Waals surface area contributed by atoms with Gasteiger partial charge in [-0.3, -0.25) is 0 Å². The normalized spacial score (nSPS) is 29.7. The van der Waals surface area contributed by atoms with Gasteiger partial charge in [0.1, 0.15) is 0 Å². The molecule has 5 nitrogen and oxygen atoms in total. The summed E-state index contributed by atoms with van der Waals surface area (Å²) in [6, 6.07) is 7.01. The lowest BCUT2D eigenvalue weighted by molar-refractivity contribution is -0.0543. The van der Waals surface area contributed by atoms with Gasteiger partial charge in [-0.25, -0.2) is 8.42 Å². The van der Waals surface area contributed by atoms with Crippen LogP contribution in [0.5, 0.6) is 0 Å². The lowest BCUT2D eigenvalue weighted by Crippen LogP contribution is -2.48. The predicted molar refractivity (Wildman–Crippen MR) is 87.7 cm³/mol. The second kappa shape index (κ2) is 6.89. The number of benzene rings is 1. The highest BCUT2D eigenvalue weighted by Gasteiger charge is 2.43. The van der Waals surface area contributed by atoms with E-state index in [1.54, 1.807) is 22.5 Å². The largest absolute Gasteiger partial charge is 0.393 e. The monoisotopic (exact) mass is 339 g/mol. The minimum absolute atomic E-state index is 0.129. The Morgan fingerprint density at radius 3 is 2.91 bits per heavy atom. The first-order valence-electron chi connectivity index (χ1n) is 8.40. The fraction of sp³-hybridized carbons (Fsp3) is 0.647. The topological polar surface area (TPSA) is 66.8 Å². The molecule has 0 saturated carbocycles. The molecule has 0 spiro atoms. The number of aryl methyl sites for hydroxylation is 1. The molecule has 128 valence electrons. The Morgan fingerprint density at radius 2 is 2.17 bits per heavy atom. The van der Waals surface area contributed by atoms with Gasteiger partial charge in [-0.1, -0.05) is 19.1 Å². The summed E-state index contributed by atoms with van der Waals surface area (Å²) in [5, 5.41) is 10.3. The zero-order valence-electron chi connectivity index (χ0n) is 13.5. The SMILES string of the molecule is CCc1cccc(S(=O)(=O)N2CCC[C@@H]2[C@H]2COCC[C@H]2O)c1. The third-order valence-corrected chi connectivity index (χ3v) is 6.94. The van der Waals surface area contributed by atoms with Gasteiger partial charge in [-0.05, 0) is 43.4 Å². The number of ether oxygens (including phenoxy) is 1. The Hall–Kier alpha value is -0.950. The maximum Gasteiger partial charge on any atom is 0.243 e. The second-order valence-electron chi connectivity index (χ2n) is 6.42. The van der Waals surface area contributed by atoms with Crippen LogP contribution in [0.4, 0.5) is 0 Å². The van der Waals surface area contributed by atoms with Crippen LogP contribution in [0, 0.1) is 5.92 Å². The van der Waals surface area contributed by atoms with Gasteiger partial charge in [0, 0.05) is 25.1 Å². The molecule has 2 fully saturated rings. The quantitative estimate of drug-likeness (QED) is 0.908. The molecule has 2 saturated heterocycles. The molecular formula is C17H25NO4S. The summed E-state index contributed by atoms with van der Waals surface area (Å²) in [6.45, 7) is 3.52. The fourth-order valence-electron chi connectivity index (χ4n) is 3.67. The third kappa shape index (κ3) is 3.31. The van der Waals surface area contributed by atoms with Gasteiger partial charge < -0.3 is 9.84 Å². The molecule has 2 heterocycles.